The van der Waals surface area contributed by atoms with E-state index in [-0.39, 0.29) is 0 Å². The van der Waals surface area contributed by atoms with Gasteiger partial charge in [-0.05, 0) is 86.9 Å². The van der Waals surface area contributed by atoms with Crippen LogP contribution < -0.4 is 0 Å². The van der Waals surface area contributed by atoms with Crippen molar-refractivity contribution < 1.29 is 0 Å². The van der Waals surface area contributed by atoms with Crippen molar-refractivity contribution in [2.75, 3.05) is 0 Å². The van der Waals surface area contributed by atoms with Gasteiger partial charge in [0.1, 0.15) is 0 Å². The zero-order valence-corrected chi connectivity index (χ0v) is 15.5. The van der Waals surface area contributed by atoms with Gasteiger partial charge in [0, 0.05) is 0 Å². The fourth-order valence-electron chi connectivity index (χ4n) is 6.95. The SMILES string of the molecule is C=C(C)C1CCC2C(CC)C(C3(C)CCC=C3C)CCC12C. The Balaban J connectivity index is 1.91. The Bertz CT molecular complexity index is 484. The third kappa shape index (κ3) is 2.16. The number of allylic oxidation sites excluding steroid dienone is 3. The van der Waals surface area contributed by atoms with Crippen LogP contribution in [0.15, 0.2) is 23.8 Å². The molecule has 0 radical (unpaired) electrons. The van der Waals surface area contributed by atoms with Crippen LogP contribution in [0.2, 0.25) is 0 Å². The highest BCUT2D eigenvalue weighted by Crippen LogP contribution is 2.65. The molecule has 0 amide bonds. The van der Waals surface area contributed by atoms with Crippen LogP contribution in [-0.2, 0) is 0 Å². The molecule has 0 spiro atoms. The summed E-state index contributed by atoms with van der Waals surface area (Å²) in [6, 6.07) is 0. The van der Waals surface area contributed by atoms with Crippen LogP contribution in [0, 0.1) is 34.5 Å². The molecule has 6 unspecified atom stereocenters. The Morgan fingerprint density at radius 3 is 2.45 bits per heavy atom. The highest BCUT2D eigenvalue weighted by molar-refractivity contribution is 5.21. The highest BCUT2D eigenvalue weighted by atomic mass is 14.6. The number of fused-ring (bicyclic) bond motifs is 1. The minimum Gasteiger partial charge on any atom is -0.0998 e. The topological polar surface area (TPSA) is 0 Å². The minimum atomic E-state index is 0.489. The van der Waals surface area contributed by atoms with Gasteiger partial charge in [0.25, 0.3) is 0 Å². The van der Waals surface area contributed by atoms with Crippen molar-refractivity contribution in [1.82, 2.24) is 0 Å². The molecule has 0 aromatic rings. The third-order valence-corrected chi connectivity index (χ3v) is 8.34. The molecule has 6 atom stereocenters. The van der Waals surface area contributed by atoms with Crippen LogP contribution >= 0.6 is 0 Å². The third-order valence-electron chi connectivity index (χ3n) is 8.34. The summed E-state index contributed by atoms with van der Waals surface area (Å²) in [5, 5.41) is 0. The van der Waals surface area contributed by atoms with Crippen LogP contribution in [-0.4, -0.2) is 0 Å². The summed E-state index contributed by atoms with van der Waals surface area (Å²) in [4.78, 5) is 0. The first-order valence-electron chi connectivity index (χ1n) is 9.67. The predicted octanol–water partition coefficient (Wildman–Crippen LogP) is 6.78. The van der Waals surface area contributed by atoms with E-state index >= 15 is 0 Å². The Hall–Kier alpha value is -0.520. The Morgan fingerprint density at radius 1 is 1.18 bits per heavy atom. The van der Waals surface area contributed by atoms with E-state index in [1.54, 1.807) is 5.57 Å². The second-order valence-electron chi connectivity index (χ2n) is 9.15. The van der Waals surface area contributed by atoms with Gasteiger partial charge in [-0.2, -0.15) is 0 Å². The van der Waals surface area contributed by atoms with Crippen molar-refractivity contribution in [1.29, 1.82) is 0 Å². The monoisotopic (exact) mass is 300 g/mol. The molecule has 0 heteroatoms. The summed E-state index contributed by atoms with van der Waals surface area (Å²) < 4.78 is 0. The summed E-state index contributed by atoms with van der Waals surface area (Å²) in [6.45, 7) is 16.6. The largest absolute Gasteiger partial charge is 0.0998 e. The second kappa shape index (κ2) is 5.53. The first-order valence-corrected chi connectivity index (χ1v) is 9.67. The van der Waals surface area contributed by atoms with Gasteiger partial charge in [0.05, 0.1) is 0 Å². The number of hydrogen-bond acceptors (Lipinski definition) is 0. The van der Waals surface area contributed by atoms with Gasteiger partial charge in [-0.3, -0.25) is 0 Å². The maximum atomic E-state index is 4.34. The standard InChI is InChI=1S/C22H36/c1-7-17-19-11-10-18(15(2)3)22(19,6)14-12-20(17)21(5)13-8-9-16(21)4/h9,17-20H,2,7-8,10-14H2,1,3-6H3. The Kier molecular flexibility index (Phi) is 4.11. The summed E-state index contributed by atoms with van der Waals surface area (Å²) in [5.74, 6) is 3.55. The first-order chi connectivity index (χ1) is 10.3. The van der Waals surface area contributed by atoms with Gasteiger partial charge >= 0.3 is 0 Å². The lowest BCUT2D eigenvalue weighted by Gasteiger charge is -2.53. The summed E-state index contributed by atoms with van der Waals surface area (Å²) in [5.41, 5.74) is 4.16. The van der Waals surface area contributed by atoms with E-state index in [0.29, 0.717) is 10.8 Å². The van der Waals surface area contributed by atoms with Crippen molar-refractivity contribution in [2.45, 2.75) is 79.6 Å². The highest BCUT2D eigenvalue weighted by Gasteiger charge is 2.56. The molecular formula is C22H36. The van der Waals surface area contributed by atoms with Gasteiger partial charge < -0.3 is 0 Å². The van der Waals surface area contributed by atoms with E-state index in [2.05, 4.69) is 47.3 Å². The average Bonchev–Trinajstić information content (AvgIpc) is 2.98. The number of rotatable bonds is 3. The van der Waals surface area contributed by atoms with E-state index in [1.165, 1.54) is 50.5 Å². The van der Waals surface area contributed by atoms with Gasteiger partial charge in [-0.1, -0.05) is 51.0 Å². The molecule has 22 heavy (non-hydrogen) atoms. The smallest absolute Gasteiger partial charge is 0.00852 e. The molecular weight excluding hydrogens is 264 g/mol. The van der Waals surface area contributed by atoms with Crippen LogP contribution in [0.25, 0.3) is 0 Å². The Labute approximate surface area is 138 Å². The van der Waals surface area contributed by atoms with Crippen LogP contribution in [0.4, 0.5) is 0 Å². The van der Waals surface area contributed by atoms with Crippen LogP contribution in [0.5, 0.6) is 0 Å². The molecule has 0 N–H and O–H groups in total. The van der Waals surface area contributed by atoms with Crippen molar-refractivity contribution in [3.8, 4) is 0 Å². The molecule has 0 saturated heterocycles. The molecule has 0 heterocycles. The quantitative estimate of drug-likeness (QED) is 0.504. The molecule has 3 aliphatic rings. The second-order valence-corrected chi connectivity index (χ2v) is 9.15. The lowest BCUT2D eigenvalue weighted by Crippen LogP contribution is -2.46. The molecule has 2 fully saturated rings. The fourth-order valence-corrected chi connectivity index (χ4v) is 6.95. The van der Waals surface area contributed by atoms with Crippen molar-refractivity contribution in [2.24, 2.45) is 34.5 Å². The average molecular weight is 301 g/mol. The first kappa shape index (κ1) is 16.3. The maximum Gasteiger partial charge on any atom is -0.00852 e. The lowest BCUT2D eigenvalue weighted by atomic mass is 9.51. The summed E-state index contributed by atoms with van der Waals surface area (Å²) in [7, 11) is 0. The van der Waals surface area contributed by atoms with Crippen molar-refractivity contribution >= 4 is 0 Å². The molecule has 0 aliphatic heterocycles. The fraction of sp³-hybridized carbons (Fsp3) is 0.818. The van der Waals surface area contributed by atoms with E-state index in [4.69, 9.17) is 0 Å². The van der Waals surface area contributed by atoms with E-state index < -0.39 is 0 Å². The molecule has 0 bridgehead atoms. The van der Waals surface area contributed by atoms with E-state index in [0.717, 1.165) is 23.7 Å². The normalized spacial score (nSPS) is 48.1. The van der Waals surface area contributed by atoms with Gasteiger partial charge in [0.15, 0.2) is 0 Å². The zero-order valence-electron chi connectivity index (χ0n) is 15.5. The van der Waals surface area contributed by atoms with Gasteiger partial charge in [0.2, 0.25) is 0 Å². The molecule has 0 aromatic heterocycles. The Morgan fingerprint density at radius 2 is 1.91 bits per heavy atom. The van der Waals surface area contributed by atoms with Crippen LogP contribution in [0.3, 0.4) is 0 Å². The van der Waals surface area contributed by atoms with Crippen molar-refractivity contribution in [3.05, 3.63) is 23.8 Å². The molecule has 0 aromatic carbocycles. The molecule has 0 nitrogen and oxygen atoms in total. The van der Waals surface area contributed by atoms with Gasteiger partial charge in [-0.25, -0.2) is 0 Å². The zero-order chi connectivity index (χ0) is 16.1. The summed E-state index contributed by atoms with van der Waals surface area (Å²) in [6.07, 6.45) is 12.3. The summed E-state index contributed by atoms with van der Waals surface area (Å²) >= 11 is 0. The van der Waals surface area contributed by atoms with E-state index in [1.807, 2.05) is 0 Å². The molecule has 3 aliphatic carbocycles. The molecule has 3 rings (SSSR count). The minimum absolute atomic E-state index is 0.489. The number of hydrogen-bond donors (Lipinski definition) is 0. The maximum absolute atomic E-state index is 4.34. The van der Waals surface area contributed by atoms with E-state index in [9.17, 15) is 0 Å². The lowest BCUT2D eigenvalue weighted by molar-refractivity contribution is -0.0238. The van der Waals surface area contributed by atoms with Crippen molar-refractivity contribution in [3.63, 3.8) is 0 Å². The molecule has 124 valence electrons. The van der Waals surface area contributed by atoms with Crippen LogP contribution in [0.1, 0.15) is 79.6 Å². The molecule has 2 saturated carbocycles. The van der Waals surface area contributed by atoms with Gasteiger partial charge in [-0.15, -0.1) is 0 Å². The predicted molar refractivity (Wildman–Crippen MR) is 96.7 cm³/mol.